The predicted molar refractivity (Wildman–Crippen MR) is 170 cm³/mol. The van der Waals surface area contributed by atoms with Crippen LogP contribution in [0.2, 0.25) is 0 Å². The number of hydrogen-bond acceptors (Lipinski definition) is 8. The van der Waals surface area contributed by atoms with E-state index in [0.29, 0.717) is 24.3 Å². The van der Waals surface area contributed by atoms with E-state index in [4.69, 9.17) is 9.79 Å². The van der Waals surface area contributed by atoms with Gasteiger partial charge in [0.1, 0.15) is 17.7 Å². The molecular formula is C32H14F34O8P2Zn. The quantitative estimate of drug-likeness (QED) is 0.0756. The van der Waals surface area contributed by atoms with E-state index >= 15 is 0 Å². The van der Waals surface area contributed by atoms with Crippen LogP contribution in [0.25, 0.3) is 0 Å². The molecule has 0 aliphatic rings. The molecule has 2 aromatic rings. The summed E-state index contributed by atoms with van der Waals surface area (Å²) in [6.07, 6.45) is -31.1. The predicted octanol–water partition coefficient (Wildman–Crippen LogP) is 11.0. The molecule has 0 atom stereocenters. The summed E-state index contributed by atoms with van der Waals surface area (Å²) in [7, 11) is -10.1. The molecule has 0 bridgehead atoms. The van der Waals surface area contributed by atoms with E-state index in [1.165, 1.54) is 0 Å². The number of benzene rings is 2. The number of alkyl halides is 30. The van der Waals surface area contributed by atoms with Gasteiger partial charge >= 0.3 is 103 Å². The Hall–Kier alpha value is -3.62. The fourth-order valence-corrected chi connectivity index (χ4v) is 5.79. The van der Waals surface area contributed by atoms with Crippen LogP contribution in [-0.4, -0.2) is 93.6 Å². The Bertz CT molecular complexity index is 2230. The second kappa shape index (κ2) is 22.4. The summed E-state index contributed by atoms with van der Waals surface area (Å²) in [6.45, 7) is 0. The topological polar surface area (TPSA) is 151 Å². The second-order valence-electron chi connectivity index (χ2n) is 14.1. The van der Waals surface area contributed by atoms with E-state index in [9.17, 15) is 169 Å². The van der Waals surface area contributed by atoms with Gasteiger partial charge in [-0.25, -0.2) is 27.3 Å². The van der Waals surface area contributed by atoms with Crippen LogP contribution in [0.5, 0.6) is 11.5 Å². The van der Waals surface area contributed by atoms with Crippen molar-refractivity contribution in [1.82, 2.24) is 0 Å². The van der Waals surface area contributed by atoms with E-state index in [1.807, 2.05) is 0 Å². The maximum Gasteiger partial charge on any atom is 2.00 e. The molecule has 0 saturated carbocycles. The van der Waals surface area contributed by atoms with E-state index in [0.717, 1.165) is 0 Å². The Morgan fingerprint density at radius 1 is 0.351 bits per heavy atom. The van der Waals surface area contributed by atoms with Crippen molar-refractivity contribution >= 4 is 15.9 Å². The fourth-order valence-electron chi connectivity index (χ4n) is 4.44. The first kappa shape index (κ1) is 73.4. The van der Waals surface area contributed by atoms with Crippen LogP contribution in [0.3, 0.4) is 0 Å². The smallest absolute Gasteiger partial charge is 0.687 e. The third-order valence-electron chi connectivity index (χ3n) is 8.40. The van der Waals surface area contributed by atoms with E-state index in [2.05, 4.69) is 9.47 Å². The van der Waals surface area contributed by atoms with Gasteiger partial charge in [-0.05, 0) is 35.4 Å². The summed E-state index contributed by atoms with van der Waals surface area (Å²) in [6, 6.07) is 2.02. The van der Waals surface area contributed by atoms with Crippen LogP contribution < -0.4 is 29.0 Å². The minimum atomic E-state index is -8.34. The minimum Gasteiger partial charge on any atom is -0.687 e. The van der Waals surface area contributed by atoms with Crippen molar-refractivity contribution in [2.75, 3.05) is 0 Å². The zero-order valence-electron chi connectivity index (χ0n) is 34.8. The van der Waals surface area contributed by atoms with Crippen molar-refractivity contribution in [1.29, 1.82) is 0 Å². The van der Waals surface area contributed by atoms with E-state index in [-0.39, 0.29) is 43.7 Å². The monoisotopic (exact) mass is 1300 g/mol. The average Bonchev–Trinajstić information content (AvgIpc) is 3.21. The summed E-state index contributed by atoms with van der Waals surface area (Å²) >= 11 is 0. The van der Waals surface area contributed by atoms with Gasteiger partial charge in [0.05, 0.1) is 6.16 Å². The molecule has 0 heterocycles. The van der Waals surface area contributed by atoms with Crippen molar-refractivity contribution in [3.05, 3.63) is 83.0 Å². The van der Waals surface area contributed by atoms with Crippen LogP contribution in [0, 0.1) is 0 Å². The summed E-state index contributed by atoms with van der Waals surface area (Å²) < 4.78 is 455. The maximum atomic E-state index is 13.8. The molecule has 0 aliphatic heterocycles. The fraction of sp³-hybridized carbons (Fsp3) is 0.500. The zero-order valence-corrected chi connectivity index (χ0v) is 39.6. The Kier molecular flexibility index (Phi) is 21.3. The molecule has 0 amide bonds. The Labute approximate surface area is 414 Å². The van der Waals surface area contributed by atoms with E-state index < -0.39 is 158 Å². The number of allylic oxidation sites excluding steroid dienone is 4. The van der Waals surface area contributed by atoms with Crippen molar-refractivity contribution in [2.45, 2.75) is 96.1 Å². The van der Waals surface area contributed by atoms with E-state index in [1.54, 1.807) is 0 Å². The van der Waals surface area contributed by atoms with Crippen molar-refractivity contribution in [2.24, 2.45) is 0 Å². The van der Waals surface area contributed by atoms with Gasteiger partial charge in [-0.1, -0.05) is 24.3 Å². The number of halogens is 34. The van der Waals surface area contributed by atoms with Crippen LogP contribution in [0.1, 0.15) is 11.1 Å². The number of ether oxygens (including phenoxy) is 2. The number of hydrogen-bond donors (Lipinski definition) is 2. The summed E-state index contributed by atoms with van der Waals surface area (Å²) in [4.78, 5) is 60.0. The molecule has 8 nitrogen and oxygen atoms in total. The minimum absolute atomic E-state index is 0. The van der Waals surface area contributed by atoms with Gasteiger partial charge in [-0.2, -0.15) is 140 Å². The summed E-state index contributed by atoms with van der Waals surface area (Å²) in [5.41, 5.74) is -0.963. The van der Waals surface area contributed by atoms with Gasteiger partial charge < -0.3 is 29.0 Å². The van der Waals surface area contributed by atoms with Crippen LogP contribution in [0.15, 0.2) is 71.8 Å². The molecule has 0 aliphatic carbocycles. The van der Waals surface area contributed by atoms with Crippen LogP contribution in [-0.2, 0) is 31.8 Å². The maximum absolute atomic E-state index is 13.8. The second-order valence-corrected chi connectivity index (χ2v) is 17.3. The molecule has 2 aromatic carbocycles. The molecule has 0 unspecified atom stereocenters. The first-order valence-electron chi connectivity index (χ1n) is 17.4. The van der Waals surface area contributed by atoms with Gasteiger partial charge in [0.25, 0.3) is 0 Å². The molecule has 77 heavy (non-hydrogen) atoms. The normalized spacial score (nSPS) is 15.7. The van der Waals surface area contributed by atoms with Crippen LogP contribution in [0.4, 0.5) is 149 Å². The zero-order chi connectivity index (χ0) is 61.1. The first-order valence-corrected chi connectivity index (χ1v) is 20.9. The van der Waals surface area contributed by atoms with Crippen LogP contribution >= 0.6 is 15.9 Å². The largest absolute Gasteiger partial charge is 2.00 e. The van der Waals surface area contributed by atoms with Gasteiger partial charge in [0.15, 0.2) is 0 Å². The summed E-state index contributed by atoms with van der Waals surface area (Å²) in [5.74, 6) is -104. The Morgan fingerprint density at radius 3 is 0.779 bits per heavy atom. The van der Waals surface area contributed by atoms with Crippen molar-refractivity contribution in [3.63, 3.8) is 0 Å². The Balaban J connectivity index is 0.00000148. The third-order valence-corrected chi connectivity index (χ3v) is 9.93. The Morgan fingerprint density at radius 2 is 0.571 bits per heavy atom. The molecule has 0 saturated heterocycles. The SMILES string of the molecule is [O-][P+](O)(O)Cc1ccc(OC(F)(F)C(F)(F)C(F)(F)C(F)(F)C(F)(F)/C(F)=C(\F)C(F)(F)C(F)(F)F)cc1.[O-][P+]([O-])([O-])Cc1ccc(OC(F)(F)C(F)(F)C(F)(F)C(F)(F)C(F)(F)/C(F)=C(\F)C(F)(F)C(F)(F)F)cc1.[Zn+2]. The number of rotatable bonds is 20. The molecule has 0 spiro atoms. The standard InChI is InChI=1S/2C16H8F17O4P.Zn/c2*17-8(9(18)11(21,22)15(29,30)31)10(19,20)12(23,24)13(25,26)14(27,28)16(32,33)37-7-3-1-6(2-4-7)5-38(34,35)36;/h2*1-4H,5H2,(H2,34,35,36);/q;;+2/p-2/b2*9-8+;. The summed E-state index contributed by atoms with van der Waals surface area (Å²) in [5, 5.41) is 0. The van der Waals surface area contributed by atoms with Gasteiger partial charge in [-0.3, -0.25) is 0 Å². The molecule has 440 valence electrons. The molecule has 0 fully saturated rings. The van der Waals surface area contributed by atoms with Gasteiger partial charge in [0.2, 0.25) is 31.3 Å². The molecular weight excluding hydrogens is 1290 g/mol. The van der Waals surface area contributed by atoms with Crippen molar-refractivity contribution in [3.8, 4) is 11.5 Å². The van der Waals surface area contributed by atoms with Crippen molar-refractivity contribution < 1.29 is 208 Å². The first-order chi connectivity index (χ1) is 32.9. The molecule has 2 N–H and O–H groups in total. The van der Waals surface area contributed by atoms with Gasteiger partial charge in [-0.15, -0.1) is 0 Å². The third kappa shape index (κ3) is 14.3. The van der Waals surface area contributed by atoms with Gasteiger partial charge in [0, 0.05) is 0 Å². The molecule has 2 rings (SSSR count). The molecule has 0 radical (unpaired) electrons. The molecule has 45 heteroatoms. The molecule has 0 aromatic heterocycles. The average molecular weight is 1300 g/mol.